The molecule has 0 saturated heterocycles. The van der Waals surface area contributed by atoms with Gasteiger partial charge in [0.15, 0.2) is 0 Å². The van der Waals surface area contributed by atoms with Crippen LogP contribution in [0.5, 0.6) is 0 Å². The van der Waals surface area contributed by atoms with Crippen molar-refractivity contribution in [3.05, 3.63) is 0 Å². The molecule has 1 unspecified atom stereocenters. The maximum absolute atomic E-state index is 11.3. The van der Waals surface area contributed by atoms with Gasteiger partial charge in [0.25, 0.3) is 0 Å². The normalized spacial score (nSPS) is 12.6. The third-order valence-electron chi connectivity index (χ3n) is 2.04. The zero-order valence-electron chi connectivity index (χ0n) is 9.89. The molecule has 0 fully saturated rings. The summed E-state index contributed by atoms with van der Waals surface area (Å²) in [6.45, 7) is 8.15. The summed E-state index contributed by atoms with van der Waals surface area (Å²) in [4.78, 5) is 11.3. The molecule has 0 heterocycles. The lowest BCUT2D eigenvalue weighted by molar-refractivity contribution is 0.234. The fourth-order valence-electron chi connectivity index (χ4n) is 1.30. The summed E-state index contributed by atoms with van der Waals surface area (Å²) < 4.78 is 0. The van der Waals surface area contributed by atoms with Gasteiger partial charge in [-0.25, -0.2) is 4.79 Å². The van der Waals surface area contributed by atoms with Crippen molar-refractivity contribution in [1.29, 1.82) is 0 Å². The molecule has 0 aromatic rings. The molecule has 2 amide bonds. The van der Waals surface area contributed by atoms with E-state index in [0.717, 1.165) is 6.42 Å². The second kappa shape index (κ2) is 7.65. The van der Waals surface area contributed by atoms with Crippen molar-refractivity contribution in [2.45, 2.75) is 65.5 Å². The molecule has 2 N–H and O–H groups in total. The number of nitrogens with one attached hydrogen (secondary N) is 2. The molecule has 0 aliphatic heterocycles. The van der Waals surface area contributed by atoms with Crippen LogP contribution < -0.4 is 10.6 Å². The first-order valence-corrected chi connectivity index (χ1v) is 5.63. The average Bonchev–Trinajstić information content (AvgIpc) is 2.02. The lowest BCUT2D eigenvalue weighted by Gasteiger charge is -2.15. The monoisotopic (exact) mass is 200 g/mol. The molecule has 0 radical (unpaired) electrons. The molecule has 0 rings (SSSR count). The highest BCUT2D eigenvalue weighted by molar-refractivity contribution is 5.74. The number of hydrogen-bond donors (Lipinski definition) is 2. The fourth-order valence-corrected chi connectivity index (χ4v) is 1.30. The summed E-state index contributed by atoms with van der Waals surface area (Å²) in [7, 11) is 0. The van der Waals surface area contributed by atoms with Crippen molar-refractivity contribution >= 4 is 6.03 Å². The molecule has 0 aliphatic rings. The van der Waals surface area contributed by atoms with Crippen LogP contribution in [-0.2, 0) is 0 Å². The van der Waals surface area contributed by atoms with E-state index in [-0.39, 0.29) is 18.1 Å². The number of carbonyl (C=O) groups excluding carboxylic acids is 1. The average molecular weight is 200 g/mol. The Bertz CT molecular complexity index is 157. The Morgan fingerprint density at radius 3 is 2.29 bits per heavy atom. The number of unbranched alkanes of at least 4 members (excludes halogenated alkanes) is 2. The van der Waals surface area contributed by atoms with Crippen LogP contribution in [0.1, 0.15) is 53.4 Å². The highest BCUT2D eigenvalue weighted by atomic mass is 16.2. The van der Waals surface area contributed by atoms with E-state index in [9.17, 15) is 4.79 Å². The Hall–Kier alpha value is -0.730. The topological polar surface area (TPSA) is 41.1 Å². The second-order valence-electron chi connectivity index (χ2n) is 4.17. The van der Waals surface area contributed by atoms with Gasteiger partial charge in [-0.05, 0) is 27.2 Å². The number of rotatable bonds is 6. The van der Waals surface area contributed by atoms with Crippen LogP contribution in [0.15, 0.2) is 0 Å². The summed E-state index contributed by atoms with van der Waals surface area (Å²) in [6, 6.07) is 0.433. The Morgan fingerprint density at radius 2 is 1.79 bits per heavy atom. The van der Waals surface area contributed by atoms with Gasteiger partial charge >= 0.3 is 6.03 Å². The van der Waals surface area contributed by atoms with E-state index in [1.807, 2.05) is 13.8 Å². The van der Waals surface area contributed by atoms with E-state index < -0.39 is 0 Å². The number of hydrogen-bond acceptors (Lipinski definition) is 1. The number of urea groups is 1. The Balaban J connectivity index is 3.50. The molecular weight excluding hydrogens is 176 g/mol. The first-order valence-electron chi connectivity index (χ1n) is 5.63. The highest BCUT2D eigenvalue weighted by Gasteiger charge is 2.06. The van der Waals surface area contributed by atoms with Gasteiger partial charge in [-0.3, -0.25) is 0 Å². The van der Waals surface area contributed by atoms with Crippen LogP contribution in [0, 0.1) is 0 Å². The first kappa shape index (κ1) is 13.3. The molecule has 0 aliphatic carbocycles. The third-order valence-corrected chi connectivity index (χ3v) is 2.04. The van der Waals surface area contributed by atoms with Gasteiger partial charge in [-0.15, -0.1) is 0 Å². The van der Waals surface area contributed by atoms with Crippen molar-refractivity contribution in [3.63, 3.8) is 0 Å². The number of amides is 2. The van der Waals surface area contributed by atoms with Gasteiger partial charge in [-0.1, -0.05) is 26.2 Å². The van der Waals surface area contributed by atoms with Crippen LogP contribution in [0.4, 0.5) is 4.79 Å². The van der Waals surface area contributed by atoms with E-state index in [1.165, 1.54) is 19.3 Å². The van der Waals surface area contributed by atoms with Crippen LogP contribution in [0.25, 0.3) is 0 Å². The molecule has 0 spiro atoms. The van der Waals surface area contributed by atoms with Crippen LogP contribution >= 0.6 is 0 Å². The van der Waals surface area contributed by atoms with E-state index in [4.69, 9.17) is 0 Å². The zero-order chi connectivity index (χ0) is 11.0. The molecule has 3 heteroatoms. The molecular formula is C11H24N2O. The number of carbonyl (C=O) groups is 1. The van der Waals surface area contributed by atoms with Crippen molar-refractivity contribution < 1.29 is 4.79 Å². The van der Waals surface area contributed by atoms with Crippen LogP contribution in [0.2, 0.25) is 0 Å². The molecule has 0 aromatic heterocycles. The van der Waals surface area contributed by atoms with E-state index >= 15 is 0 Å². The minimum atomic E-state index is -0.0519. The Kier molecular flexibility index (Phi) is 7.25. The van der Waals surface area contributed by atoms with Gasteiger partial charge < -0.3 is 10.6 Å². The molecule has 0 aromatic carbocycles. The summed E-state index contributed by atoms with van der Waals surface area (Å²) >= 11 is 0. The molecule has 0 bridgehead atoms. The lowest BCUT2D eigenvalue weighted by Crippen LogP contribution is -2.43. The van der Waals surface area contributed by atoms with Gasteiger partial charge in [0.1, 0.15) is 0 Å². The molecule has 3 nitrogen and oxygen atoms in total. The van der Waals surface area contributed by atoms with Crippen molar-refractivity contribution in [1.82, 2.24) is 10.6 Å². The summed E-state index contributed by atoms with van der Waals surface area (Å²) in [6.07, 6.45) is 4.74. The summed E-state index contributed by atoms with van der Waals surface area (Å²) in [5.41, 5.74) is 0. The van der Waals surface area contributed by atoms with Gasteiger partial charge in [-0.2, -0.15) is 0 Å². The third kappa shape index (κ3) is 7.90. The maximum Gasteiger partial charge on any atom is 0.315 e. The smallest absolute Gasteiger partial charge is 0.315 e. The van der Waals surface area contributed by atoms with Crippen molar-refractivity contribution in [2.75, 3.05) is 0 Å². The minimum Gasteiger partial charge on any atom is -0.336 e. The predicted octanol–water partition coefficient (Wildman–Crippen LogP) is 2.66. The lowest BCUT2D eigenvalue weighted by atomic mass is 10.1. The quantitative estimate of drug-likeness (QED) is 0.636. The van der Waals surface area contributed by atoms with Crippen LogP contribution in [0.3, 0.4) is 0 Å². The van der Waals surface area contributed by atoms with Crippen LogP contribution in [-0.4, -0.2) is 18.1 Å². The Morgan fingerprint density at radius 1 is 1.14 bits per heavy atom. The first-order chi connectivity index (χ1) is 6.56. The fraction of sp³-hybridized carbons (Fsp3) is 0.909. The standard InChI is InChI=1S/C11H24N2O/c1-5-6-7-8-10(4)13-11(14)12-9(2)3/h9-10H,5-8H2,1-4H3,(H2,12,13,14). The molecule has 84 valence electrons. The molecule has 14 heavy (non-hydrogen) atoms. The van der Waals surface area contributed by atoms with E-state index in [2.05, 4.69) is 24.5 Å². The van der Waals surface area contributed by atoms with Gasteiger partial charge in [0.2, 0.25) is 0 Å². The van der Waals surface area contributed by atoms with E-state index in [0.29, 0.717) is 0 Å². The SMILES string of the molecule is CCCCCC(C)NC(=O)NC(C)C. The van der Waals surface area contributed by atoms with E-state index in [1.54, 1.807) is 0 Å². The van der Waals surface area contributed by atoms with Gasteiger partial charge in [0, 0.05) is 12.1 Å². The highest BCUT2D eigenvalue weighted by Crippen LogP contribution is 2.02. The van der Waals surface area contributed by atoms with Gasteiger partial charge in [0.05, 0.1) is 0 Å². The Labute approximate surface area is 87.6 Å². The maximum atomic E-state index is 11.3. The predicted molar refractivity (Wildman–Crippen MR) is 60.4 cm³/mol. The van der Waals surface area contributed by atoms with Crippen molar-refractivity contribution in [2.24, 2.45) is 0 Å². The zero-order valence-corrected chi connectivity index (χ0v) is 9.89. The largest absolute Gasteiger partial charge is 0.336 e. The molecule has 0 saturated carbocycles. The minimum absolute atomic E-state index is 0.0519. The summed E-state index contributed by atoms with van der Waals surface area (Å²) in [5, 5.41) is 5.73. The molecule has 1 atom stereocenters. The summed E-state index contributed by atoms with van der Waals surface area (Å²) in [5.74, 6) is 0. The van der Waals surface area contributed by atoms with Crippen molar-refractivity contribution in [3.8, 4) is 0 Å². The second-order valence-corrected chi connectivity index (χ2v) is 4.17.